The Bertz CT molecular complexity index is 516. The molecular weight excluding hydrogens is 421 g/mol. The van der Waals surface area contributed by atoms with Crippen LogP contribution in [0, 0.1) is 0 Å². The second-order valence-electron chi connectivity index (χ2n) is 4.71. The van der Waals surface area contributed by atoms with Gasteiger partial charge in [0.15, 0.2) is 5.96 Å². The van der Waals surface area contributed by atoms with E-state index in [0.29, 0.717) is 13.0 Å². The van der Waals surface area contributed by atoms with Gasteiger partial charge >= 0.3 is 0 Å². The third-order valence-corrected chi connectivity index (χ3v) is 4.79. The van der Waals surface area contributed by atoms with Gasteiger partial charge in [-0.15, -0.1) is 35.3 Å². The van der Waals surface area contributed by atoms with Crippen molar-refractivity contribution in [3.63, 3.8) is 0 Å². The molecule has 1 aromatic heterocycles. The summed E-state index contributed by atoms with van der Waals surface area (Å²) in [6.45, 7) is 1.50. The van der Waals surface area contributed by atoms with Gasteiger partial charge in [0.1, 0.15) is 9.84 Å². The van der Waals surface area contributed by atoms with Crippen molar-refractivity contribution < 1.29 is 8.42 Å². The van der Waals surface area contributed by atoms with Crippen molar-refractivity contribution in [2.75, 3.05) is 39.2 Å². The number of guanidine groups is 1. The molecule has 0 radical (unpaired) electrons. The van der Waals surface area contributed by atoms with Gasteiger partial charge in [-0.1, -0.05) is 6.07 Å². The van der Waals surface area contributed by atoms with Crippen LogP contribution >= 0.6 is 35.3 Å². The van der Waals surface area contributed by atoms with Crippen LogP contribution in [0.15, 0.2) is 22.5 Å². The molecule has 0 aliphatic carbocycles. The van der Waals surface area contributed by atoms with Gasteiger partial charge in [-0.2, -0.15) is 0 Å². The fraction of sp³-hybridized carbons (Fsp3) is 0.615. The lowest BCUT2D eigenvalue weighted by atomic mass is 10.3. The predicted octanol–water partition coefficient (Wildman–Crippen LogP) is 1.85. The summed E-state index contributed by atoms with van der Waals surface area (Å²) < 4.78 is 22.1. The van der Waals surface area contributed by atoms with E-state index in [9.17, 15) is 8.42 Å². The van der Waals surface area contributed by atoms with E-state index < -0.39 is 9.84 Å². The molecule has 1 N–H and O–H groups in total. The number of sulfone groups is 1. The van der Waals surface area contributed by atoms with Crippen LogP contribution in [0.4, 0.5) is 0 Å². The van der Waals surface area contributed by atoms with E-state index in [2.05, 4.69) is 32.7 Å². The van der Waals surface area contributed by atoms with Crippen molar-refractivity contribution in [3.8, 4) is 0 Å². The van der Waals surface area contributed by atoms with E-state index in [1.165, 1.54) is 11.1 Å². The molecular formula is C13H24IN3O2S2. The Morgan fingerprint density at radius 3 is 2.71 bits per heavy atom. The zero-order valence-corrected chi connectivity index (χ0v) is 16.7. The van der Waals surface area contributed by atoms with Crippen LogP contribution in [-0.2, 0) is 16.3 Å². The van der Waals surface area contributed by atoms with Gasteiger partial charge in [-0.05, 0) is 24.3 Å². The van der Waals surface area contributed by atoms with E-state index in [1.807, 2.05) is 7.05 Å². The number of halogens is 1. The molecule has 0 saturated carbocycles. The molecule has 1 heterocycles. The van der Waals surface area contributed by atoms with Crippen LogP contribution in [0.3, 0.4) is 0 Å². The Kier molecular flexibility index (Phi) is 10.2. The Labute approximate surface area is 148 Å². The Morgan fingerprint density at radius 1 is 1.48 bits per heavy atom. The predicted molar refractivity (Wildman–Crippen MR) is 102 cm³/mol. The van der Waals surface area contributed by atoms with E-state index in [0.717, 1.165) is 18.9 Å². The molecule has 0 atom stereocenters. The average molecular weight is 445 g/mol. The minimum Gasteiger partial charge on any atom is -0.356 e. The molecule has 0 aliphatic heterocycles. The van der Waals surface area contributed by atoms with Gasteiger partial charge in [0, 0.05) is 38.3 Å². The van der Waals surface area contributed by atoms with Crippen LogP contribution in [0.5, 0.6) is 0 Å². The topological polar surface area (TPSA) is 61.8 Å². The van der Waals surface area contributed by atoms with Crippen LogP contribution < -0.4 is 5.32 Å². The van der Waals surface area contributed by atoms with Crippen molar-refractivity contribution in [1.29, 1.82) is 0 Å². The number of rotatable bonds is 7. The average Bonchev–Trinajstić information content (AvgIpc) is 2.88. The lowest BCUT2D eigenvalue weighted by Gasteiger charge is -2.21. The number of likely N-dealkylation sites (N-methyl/N-ethyl adjacent to an activating group) is 1. The quantitative estimate of drug-likeness (QED) is 0.301. The van der Waals surface area contributed by atoms with Gasteiger partial charge in [0.2, 0.25) is 0 Å². The molecule has 0 aliphatic rings. The summed E-state index contributed by atoms with van der Waals surface area (Å²) in [6, 6.07) is 4.18. The zero-order valence-electron chi connectivity index (χ0n) is 12.7. The molecule has 0 aromatic carbocycles. The fourth-order valence-corrected chi connectivity index (χ4v) is 3.12. The van der Waals surface area contributed by atoms with Crippen LogP contribution in [0.1, 0.15) is 11.3 Å². The van der Waals surface area contributed by atoms with Crippen LogP contribution in [0.2, 0.25) is 0 Å². The minimum absolute atomic E-state index is 0. The van der Waals surface area contributed by atoms with Crippen molar-refractivity contribution in [2.24, 2.45) is 4.99 Å². The molecule has 0 amide bonds. The Hall–Kier alpha value is -0.350. The number of nitrogens with zero attached hydrogens (tertiary/aromatic N) is 2. The van der Waals surface area contributed by atoms with Gasteiger partial charge in [-0.25, -0.2) is 8.42 Å². The molecule has 122 valence electrons. The molecule has 1 rings (SSSR count). The maximum absolute atomic E-state index is 11.0. The smallest absolute Gasteiger partial charge is 0.193 e. The van der Waals surface area contributed by atoms with Gasteiger partial charge in [0.25, 0.3) is 0 Å². The fourth-order valence-electron chi connectivity index (χ4n) is 1.76. The Morgan fingerprint density at radius 2 is 2.19 bits per heavy atom. The monoisotopic (exact) mass is 445 g/mol. The number of thiophene rings is 1. The molecule has 0 saturated heterocycles. The summed E-state index contributed by atoms with van der Waals surface area (Å²) in [4.78, 5) is 7.61. The Balaban J connectivity index is 0.00000400. The number of aliphatic imine (C=N–C) groups is 1. The molecule has 0 bridgehead atoms. The van der Waals surface area contributed by atoms with Crippen molar-refractivity contribution in [1.82, 2.24) is 10.2 Å². The van der Waals surface area contributed by atoms with Gasteiger partial charge in [0.05, 0.1) is 5.75 Å². The van der Waals surface area contributed by atoms with E-state index in [1.54, 1.807) is 18.4 Å². The highest BCUT2D eigenvalue weighted by molar-refractivity contribution is 14.0. The molecule has 21 heavy (non-hydrogen) atoms. The van der Waals surface area contributed by atoms with Gasteiger partial charge in [-0.3, -0.25) is 4.99 Å². The highest BCUT2D eigenvalue weighted by Gasteiger charge is 2.07. The number of hydrogen-bond acceptors (Lipinski definition) is 4. The molecule has 5 nitrogen and oxygen atoms in total. The SMILES string of the molecule is CN=C(NCCCS(C)(=O)=O)N(C)CCc1cccs1.I. The minimum atomic E-state index is -2.88. The first kappa shape index (κ1) is 20.6. The first-order chi connectivity index (χ1) is 9.42. The van der Waals surface area contributed by atoms with Crippen LogP contribution in [-0.4, -0.2) is 58.5 Å². The number of hydrogen-bond donors (Lipinski definition) is 1. The molecule has 1 aromatic rings. The second-order valence-corrected chi connectivity index (χ2v) is 8.00. The van der Waals surface area contributed by atoms with Crippen molar-refractivity contribution in [3.05, 3.63) is 22.4 Å². The first-order valence-electron chi connectivity index (χ1n) is 6.54. The molecule has 0 unspecified atom stereocenters. The third-order valence-electron chi connectivity index (χ3n) is 2.82. The summed E-state index contributed by atoms with van der Waals surface area (Å²) in [6.07, 6.45) is 2.84. The highest BCUT2D eigenvalue weighted by Crippen LogP contribution is 2.09. The normalized spacial score (nSPS) is 11.9. The summed E-state index contributed by atoms with van der Waals surface area (Å²) in [5, 5.41) is 5.26. The standard InChI is InChI=1S/C13H23N3O2S2.HI/c1-14-13(15-8-5-11-20(3,17)18)16(2)9-7-12-6-4-10-19-12;/h4,6,10H,5,7-9,11H2,1-3H3,(H,14,15);1H. The third kappa shape index (κ3) is 9.30. The van der Waals surface area contributed by atoms with Crippen LogP contribution in [0.25, 0.3) is 0 Å². The van der Waals surface area contributed by atoms with Crippen molar-refractivity contribution in [2.45, 2.75) is 12.8 Å². The largest absolute Gasteiger partial charge is 0.356 e. The lowest BCUT2D eigenvalue weighted by molar-refractivity contribution is 0.486. The summed E-state index contributed by atoms with van der Waals surface area (Å²) in [5.74, 6) is 1.01. The van der Waals surface area contributed by atoms with E-state index in [4.69, 9.17) is 0 Å². The zero-order chi connectivity index (χ0) is 15.0. The molecule has 0 spiro atoms. The summed E-state index contributed by atoms with van der Waals surface area (Å²) >= 11 is 1.75. The second kappa shape index (κ2) is 10.4. The number of nitrogens with one attached hydrogen (secondary N) is 1. The summed E-state index contributed by atoms with van der Waals surface area (Å²) in [7, 11) is 0.841. The highest BCUT2D eigenvalue weighted by atomic mass is 127. The van der Waals surface area contributed by atoms with E-state index >= 15 is 0 Å². The lowest BCUT2D eigenvalue weighted by Crippen LogP contribution is -2.40. The maximum atomic E-state index is 11.0. The van der Waals surface area contributed by atoms with E-state index in [-0.39, 0.29) is 29.7 Å². The first-order valence-corrected chi connectivity index (χ1v) is 9.48. The van der Waals surface area contributed by atoms with Crippen molar-refractivity contribution >= 4 is 51.1 Å². The molecule has 8 heteroatoms. The summed E-state index contributed by atoms with van der Waals surface area (Å²) in [5.41, 5.74) is 0. The van der Waals surface area contributed by atoms with Gasteiger partial charge < -0.3 is 10.2 Å². The molecule has 0 fully saturated rings. The maximum Gasteiger partial charge on any atom is 0.193 e.